The van der Waals surface area contributed by atoms with Crippen LogP contribution < -0.4 is 10.0 Å². The van der Waals surface area contributed by atoms with Gasteiger partial charge < -0.3 is 5.32 Å². The third-order valence-electron chi connectivity index (χ3n) is 4.33. The zero-order valence-electron chi connectivity index (χ0n) is 16.0. The smallest absolute Gasteiger partial charge is 0.261 e. The maximum atomic E-state index is 12.7. The standard InChI is InChI=1S/C22H21ClN2O3S/c1-15(2)20-8-3-4-9-21(20)24-22(26)16-6-5-7-18(14-16)25-29(27,28)19-12-10-17(23)11-13-19/h3-15,25H,1-2H3,(H,24,26). The van der Waals surface area contributed by atoms with E-state index < -0.39 is 10.0 Å². The van der Waals surface area contributed by atoms with Crippen LogP contribution in [0.4, 0.5) is 11.4 Å². The van der Waals surface area contributed by atoms with E-state index in [9.17, 15) is 13.2 Å². The lowest BCUT2D eigenvalue weighted by atomic mass is 10.0. The third kappa shape index (κ3) is 5.16. The van der Waals surface area contributed by atoms with Crippen LogP contribution in [0.25, 0.3) is 0 Å². The minimum absolute atomic E-state index is 0.0858. The summed E-state index contributed by atoms with van der Waals surface area (Å²) in [6.45, 7) is 4.11. The number of anilines is 2. The van der Waals surface area contributed by atoms with E-state index in [2.05, 4.69) is 23.9 Å². The molecule has 0 aliphatic heterocycles. The number of hydrogen-bond acceptors (Lipinski definition) is 3. The van der Waals surface area contributed by atoms with Gasteiger partial charge in [0.15, 0.2) is 0 Å². The molecule has 0 saturated carbocycles. The number of carbonyl (C=O) groups excluding carboxylic acids is 1. The fourth-order valence-corrected chi connectivity index (χ4v) is 4.04. The van der Waals surface area contributed by atoms with E-state index in [-0.39, 0.29) is 16.7 Å². The summed E-state index contributed by atoms with van der Waals surface area (Å²) in [5.74, 6) is -0.0605. The Morgan fingerprint density at radius 2 is 1.62 bits per heavy atom. The first-order valence-electron chi connectivity index (χ1n) is 9.05. The van der Waals surface area contributed by atoms with Crippen LogP contribution >= 0.6 is 11.6 Å². The van der Waals surface area contributed by atoms with Gasteiger partial charge in [0.1, 0.15) is 0 Å². The molecule has 1 amide bonds. The fraction of sp³-hybridized carbons (Fsp3) is 0.136. The molecule has 0 saturated heterocycles. The van der Waals surface area contributed by atoms with Crippen LogP contribution in [0, 0.1) is 0 Å². The second kappa shape index (κ2) is 8.68. The number of sulfonamides is 1. The largest absolute Gasteiger partial charge is 0.322 e. The van der Waals surface area contributed by atoms with Crippen LogP contribution in [0.3, 0.4) is 0 Å². The molecule has 3 aromatic carbocycles. The number of nitrogens with one attached hydrogen (secondary N) is 2. The second-order valence-electron chi connectivity index (χ2n) is 6.84. The summed E-state index contributed by atoms with van der Waals surface area (Å²) in [5.41, 5.74) is 2.41. The van der Waals surface area contributed by atoms with Gasteiger partial charge in [0.25, 0.3) is 15.9 Å². The van der Waals surface area contributed by atoms with E-state index in [1.54, 1.807) is 18.2 Å². The first-order valence-corrected chi connectivity index (χ1v) is 10.9. The molecule has 0 aliphatic carbocycles. The van der Waals surface area contributed by atoms with Gasteiger partial charge in [0.2, 0.25) is 0 Å². The van der Waals surface area contributed by atoms with Crippen LogP contribution in [0.5, 0.6) is 0 Å². The molecule has 0 bridgehead atoms. The monoisotopic (exact) mass is 428 g/mol. The molecular weight excluding hydrogens is 408 g/mol. The molecule has 3 aromatic rings. The van der Waals surface area contributed by atoms with Gasteiger partial charge in [0, 0.05) is 22.0 Å². The highest BCUT2D eigenvalue weighted by molar-refractivity contribution is 7.92. The van der Waals surface area contributed by atoms with Gasteiger partial charge in [-0.25, -0.2) is 8.42 Å². The highest BCUT2D eigenvalue weighted by atomic mass is 35.5. The number of carbonyl (C=O) groups is 1. The number of para-hydroxylation sites is 1. The van der Waals surface area contributed by atoms with Gasteiger partial charge in [-0.3, -0.25) is 9.52 Å². The summed E-state index contributed by atoms with van der Waals surface area (Å²) in [5, 5.41) is 3.35. The second-order valence-corrected chi connectivity index (χ2v) is 8.96. The molecule has 7 heteroatoms. The molecule has 0 heterocycles. The number of benzene rings is 3. The van der Waals surface area contributed by atoms with Crippen molar-refractivity contribution in [1.82, 2.24) is 0 Å². The van der Waals surface area contributed by atoms with E-state index in [4.69, 9.17) is 11.6 Å². The highest BCUT2D eigenvalue weighted by Gasteiger charge is 2.16. The van der Waals surface area contributed by atoms with Crippen LogP contribution in [0.1, 0.15) is 35.7 Å². The zero-order chi connectivity index (χ0) is 21.0. The van der Waals surface area contributed by atoms with Crippen molar-refractivity contribution in [2.75, 3.05) is 10.0 Å². The van der Waals surface area contributed by atoms with E-state index in [1.165, 1.54) is 30.3 Å². The molecule has 29 heavy (non-hydrogen) atoms. The molecular formula is C22H21ClN2O3S. The average molecular weight is 429 g/mol. The van der Waals surface area contributed by atoms with Crippen molar-refractivity contribution in [3.05, 3.63) is 88.9 Å². The van der Waals surface area contributed by atoms with Crippen molar-refractivity contribution in [3.8, 4) is 0 Å². The summed E-state index contributed by atoms with van der Waals surface area (Å²) in [7, 11) is -3.79. The minimum atomic E-state index is -3.79. The summed E-state index contributed by atoms with van der Waals surface area (Å²) < 4.78 is 27.6. The Morgan fingerprint density at radius 3 is 2.31 bits per heavy atom. The Balaban J connectivity index is 1.81. The number of amides is 1. The number of rotatable bonds is 6. The molecule has 150 valence electrons. The van der Waals surface area contributed by atoms with Crippen LogP contribution in [-0.4, -0.2) is 14.3 Å². The van der Waals surface area contributed by atoms with Crippen LogP contribution in [-0.2, 0) is 10.0 Å². The average Bonchev–Trinajstić information content (AvgIpc) is 2.68. The van der Waals surface area contributed by atoms with Crippen molar-refractivity contribution in [2.24, 2.45) is 0 Å². The molecule has 0 spiro atoms. The normalized spacial score (nSPS) is 11.3. The van der Waals surface area contributed by atoms with Gasteiger partial charge >= 0.3 is 0 Å². The molecule has 2 N–H and O–H groups in total. The zero-order valence-corrected chi connectivity index (χ0v) is 17.6. The van der Waals surface area contributed by atoms with E-state index in [0.717, 1.165) is 11.3 Å². The van der Waals surface area contributed by atoms with Gasteiger partial charge in [0.05, 0.1) is 4.90 Å². The van der Waals surface area contributed by atoms with Gasteiger partial charge in [-0.1, -0.05) is 49.7 Å². The van der Waals surface area contributed by atoms with Crippen molar-refractivity contribution >= 4 is 38.9 Å². The van der Waals surface area contributed by atoms with Crippen LogP contribution in [0.2, 0.25) is 5.02 Å². The number of halogens is 1. The molecule has 0 aliphatic rings. The van der Waals surface area contributed by atoms with Crippen molar-refractivity contribution in [1.29, 1.82) is 0 Å². The summed E-state index contributed by atoms with van der Waals surface area (Å²) in [6, 6.07) is 19.8. The van der Waals surface area contributed by atoms with E-state index in [0.29, 0.717) is 16.3 Å². The quantitative estimate of drug-likeness (QED) is 0.543. The molecule has 3 rings (SSSR count). The predicted molar refractivity (Wildman–Crippen MR) is 117 cm³/mol. The Kier molecular flexibility index (Phi) is 6.25. The topological polar surface area (TPSA) is 75.3 Å². The Hall–Kier alpha value is -2.83. The molecule has 0 radical (unpaired) electrons. The first-order chi connectivity index (χ1) is 13.8. The molecule has 0 aromatic heterocycles. The third-order valence-corrected chi connectivity index (χ3v) is 5.98. The Bertz CT molecular complexity index is 1130. The molecule has 0 atom stereocenters. The van der Waals surface area contributed by atoms with Crippen molar-refractivity contribution in [2.45, 2.75) is 24.7 Å². The Labute approximate surface area is 175 Å². The Morgan fingerprint density at radius 1 is 0.931 bits per heavy atom. The molecule has 0 unspecified atom stereocenters. The SMILES string of the molecule is CC(C)c1ccccc1NC(=O)c1cccc(NS(=O)(=O)c2ccc(Cl)cc2)c1. The molecule has 5 nitrogen and oxygen atoms in total. The lowest BCUT2D eigenvalue weighted by Gasteiger charge is -2.14. The number of hydrogen-bond donors (Lipinski definition) is 2. The van der Waals surface area contributed by atoms with Crippen molar-refractivity contribution < 1.29 is 13.2 Å². The van der Waals surface area contributed by atoms with Gasteiger partial charge in [-0.2, -0.15) is 0 Å². The van der Waals surface area contributed by atoms with Crippen LogP contribution in [0.15, 0.2) is 77.7 Å². The maximum absolute atomic E-state index is 12.7. The minimum Gasteiger partial charge on any atom is -0.322 e. The summed E-state index contributed by atoms with van der Waals surface area (Å²) >= 11 is 5.81. The fourth-order valence-electron chi connectivity index (χ4n) is 2.86. The highest BCUT2D eigenvalue weighted by Crippen LogP contribution is 2.25. The maximum Gasteiger partial charge on any atom is 0.261 e. The lowest BCUT2D eigenvalue weighted by Crippen LogP contribution is -2.16. The summed E-state index contributed by atoms with van der Waals surface area (Å²) in [6.07, 6.45) is 0. The van der Waals surface area contributed by atoms with E-state index >= 15 is 0 Å². The predicted octanol–water partition coefficient (Wildman–Crippen LogP) is 5.52. The summed E-state index contributed by atoms with van der Waals surface area (Å²) in [4.78, 5) is 12.8. The van der Waals surface area contributed by atoms with Crippen molar-refractivity contribution in [3.63, 3.8) is 0 Å². The van der Waals surface area contributed by atoms with Gasteiger partial charge in [-0.05, 0) is 60.0 Å². The first kappa shape index (κ1) is 20.9. The van der Waals surface area contributed by atoms with E-state index in [1.807, 2.05) is 24.3 Å². The van der Waals surface area contributed by atoms with Gasteiger partial charge in [-0.15, -0.1) is 0 Å². The lowest BCUT2D eigenvalue weighted by molar-refractivity contribution is 0.102. The molecule has 0 fully saturated rings.